The van der Waals surface area contributed by atoms with Crippen LogP contribution >= 0.6 is 0 Å². The van der Waals surface area contributed by atoms with Crippen LogP contribution in [0.3, 0.4) is 0 Å². The SMILES string of the molecule is CC[C@H](C)C(=O)OC1CCNCC1. The number of esters is 1. The molecule has 3 heteroatoms. The summed E-state index contributed by atoms with van der Waals surface area (Å²) in [6.07, 6.45) is 2.94. The van der Waals surface area contributed by atoms with E-state index in [0.29, 0.717) is 0 Å². The van der Waals surface area contributed by atoms with Crippen LogP contribution in [0.4, 0.5) is 0 Å². The van der Waals surface area contributed by atoms with E-state index in [1.807, 2.05) is 13.8 Å². The number of piperidine rings is 1. The second kappa shape index (κ2) is 5.22. The predicted molar refractivity (Wildman–Crippen MR) is 51.4 cm³/mol. The van der Waals surface area contributed by atoms with E-state index in [1.54, 1.807) is 0 Å². The van der Waals surface area contributed by atoms with Gasteiger partial charge in [0.05, 0.1) is 5.92 Å². The standard InChI is InChI=1S/C10H19NO2/c1-3-8(2)10(12)13-9-4-6-11-7-5-9/h8-9,11H,3-7H2,1-2H3/t8-/m0/s1. The van der Waals surface area contributed by atoms with Crippen molar-refractivity contribution >= 4 is 5.97 Å². The molecule has 0 bridgehead atoms. The van der Waals surface area contributed by atoms with E-state index in [4.69, 9.17) is 4.74 Å². The summed E-state index contributed by atoms with van der Waals surface area (Å²) in [6, 6.07) is 0. The van der Waals surface area contributed by atoms with Gasteiger partial charge in [-0.1, -0.05) is 13.8 Å². The van der Waals surface area contributed by atoms with Crippen LogP contribution in [0.1, 0.15) is 33.1 Å². The molecule has 1 heterocycles. The van der Waals surface area contributed by atoms with Crippen LogP contribution in [0, 0.1) is 5.92 Å². The molecule has 76 valence electrons. The molecule has 1 fully saturated rings. The lowest BCUT2D eigenvalue weighted by atomic mass is 10.1. The van der Waals surface area contributed by atoms with Crippen molar-refractivity contribution in [3.05, 3.63) is 0 Å². The Balaban J connectivity index is 2.26. The Labute approximate surface area is 79.8 Å². The Morgan fingerprint density at radius 3 is 2.69 bits per heavy atom. The number of carbonyl (C=O) groups excluding carboxylic acids is 1. The lowest BCUT2D eigenvalue weighted by molar-refractivity contribution is -0.154. The normalized spacial score (nSPS) is 21.1. The first-order chi connectivity index (χ1) is 6.24. The van der Waals surface area contributed by atoms with Gasteiger partial charge in [-0.05, 0) is 32.4 Å². The molecule has 0 saturated carbocycles. The maximum Gasteiger partial charge on any atom is 0.308 e. The molecule has 1 aliphatic heterocycles. The summed E-state index contributed by atoms with van der Waals surface area (Å²) in [6.45, 7) is 5.87. The number of nitrogens with one attached hydrogen (secondary N) is 1. The zero-order valence-electron chi connectivity index (χ0n) is 8.51. The molecule has 3 nitrogen and oxygen atoms in total. The van der Waals surface area contributed by atoms with Gasteiger partial charge in [-0.15, -0.1) is 0 Å². The summed E-state index contributed by atoms with van der Waals surface area (Å²) in [5.41, 5.74) is 0. The van der Waals surface area contributed by atoms with Crippen molar-refractivity contribution in [3.8, 4) is 0 Å². The summed E-state index contributed by atoms with van der Waals surface area (Å²) >= 11 is 0. The molecule has 1 aliphatic rings. The van der Waals surface area contributed by atoms with Gasteiger partial charge in [-0.2, -0.15) is 0 Å². The quantitative estimate of drug-likeness (QED) is 0.674. The Bertz CT molecular complexity index is 164. The first-order valence-corrected chi connectivity index (χ1v) is 5.15. The number of hydrogen-bond acceptors (Lipinski definition) is 3. The van der Waals surface area contributed by atoms with E-state index >= 15 is 0 Å². The van der Waals surface area contributed by atoms with Crippen molar-refractivity contribution in [1.82, 2.24) is 5.32 Å². The average molecular weight is 185 g/mol. The van der Waals surface area contributed by atoms with Crippen molar-refractivity contribution in [2.75, 3.05) is 13.1 Å². The van der Waals surface area contributed by atoms with Crippen molar-refractivity contribution in [2.24, 2.45) is 5.92 Å². The second-order valence-corrected chi connectivity index (χ2v) is 3.70. The van der Waals surface area contributed by atoms with E-state index in [-0.39, 0.29) is 18.0 Å². The fourth-order valence-electron chi connectivity index (χ4n) is 1.36. The molecular formula is C10H19NO2. The van der Waals surface area contributed by atoms with Crippen molar-refractivity contribution in [3.63, 3.8) is 0 Å². The Morgan fingerprint density at radius 2 is 2.15 bits per heavy atom. The maximum atomic E-state index is 11.4. The molecule has 0 aromatic heterocycles. The van der Waals surface area contributed by atoms with Crippen LogP contribution in [0.15, 0.2) is 0 Å². The number of carbonyl (C=O) groups is 1. The molecule has 0 unspecified atom stereocenters. The van der Waals surface area contributed by atoms with Gasteiger partial charge in [0, 0.05) is 0 Å². The zero-order valence-corrected chi connectivity index (χ0v) is 8.51. The third-order valence-corrected chi connectivity index (χ3v) is 2.58. The molecular weight excluding hydrogens is 166 g/mol. The third-order valence-electron chi connectivity index (χ3n) is 2.58. The van der Waals surface area contributed by atoms with Crippen LogP contribution in [0.5, 0.6) is 0 Å². The zero-order chi connectivity index (χ0) is 9.68. The molecule has 0 aromatic carbocycles. The molecule has 1 saturated heterocycles. The number of ether oxygens (including phenoxy) is 1. The minimum absolute atomic E-state index is 0.0330. The lowest BCUT2D eigenvalue weighted by Gasteiger charge is -2.23. The summed E-state index contributed by atoms with van der Waals surface area (Å²) in [7, 11) is 0. The van der Waals surface area contributed by atoms with E-state index in [9.17, 15) is 4.79 Å². The Kier molecular flexibility index (Phi) is 4.22. The topological polar surface area (TPSA) is 38.3 Å². The van der Waals surface area contributed by atoms with Crippen LogP contribution < -0.4 is 5.32 Å². The third kappa shape index (κ3) is 3.35. The van der Waals surface area contributed by atoms with Crippen LogP contribution in [-0.4, -0.2) is 25.2 Å². The molecule has 0 spiro atoms. The maximum absolute atomic E-state index is 11.4. The molecule has 1 N–H and O–H groups in total. The van der Waals surface area contributed by atoms with E-state index in [0.717, 1.165) is 32.4 Å². The van der Waals surface area contributed by atoms with Gasteiger partial charge < -0.3 is 10.1 Å². The average Bonchev–Trinajstić information content (AvgIpc) is 2.18. The van der Waals surface area contributed by atoms with Gasteiger partial charge in [0.15, 0.2) is 0 Å². The smallest absolute Gasteiger partial charge is 0.308 e. The molecule has 1 rings (SSSR count). The van der Waals surface area contributed by atoms with Gasteiger partial charge >= 0.3 is 5.97 Å². The van der Waals surface area contributed by atoms with E-state index in [2.05, 4.69) is 5.32 Å². The predicted octanol–water partition coefficient (Wildman–Crippen LogP) is 1.33. The summed E-state index contributed by atoms with van der Waals surface area (Å²) in [4.78, 5) is 11.4. The van der Waals surface area contributed by atoms with E-state index in [1.165, 1.54) is 0 Å². The fraction of sp³-hybridized carbons (Fsp3) is 0.900. The molecule has 0 aliphatic carbocycles. The van der Waals surface area contributed by atoms with Gasteiger partial charge in [0.25, 0.3) is 0 Å². The monoisotopic (exact) mass is 185 g/mol. The highest BCUT2D eigenvalue weighted by molar-refractivity contribution is 5.72. The highest BCUT2D eigenvalue weighted by atomic mass is 16.5. The van der Waals surface area contributed by atoms with Crippen molar-refractivity contribution in [1.29, 1.82) is 0 Å². The molecule has 0 amide bonds. The summed E-state index contributed by atoms with van der Waals surface area (Å²) in [5.74, 6) is 0.0179. The van der Waals surface area contributed by atoms with Gasteiger partial charge in [0.2, 0.25) is 0 Å². The fourth-order valence-corrected chi connectivity index (χ4v) is 1.36. The molecule has 13 heavy (non-hydrogen) atoms. The highest BCUT2D eigenvalue weighted by Gasteiger charge is 2.20. The van der Waals surface area contributed by atoms with Crippen molar-refractivity contribution < 1.29 is 9.53 Å². The lowest BCUT2D eigenvalue weighted by Crippen LogP contribution is -2.34. The van der Waals surface area contributed by atoms with Gasteiger partial charge in [-0.25, -0.2) is 0 Å². The summed E-state index contributed by atoms with van der Waals surface area (Å²) in [5, 5.41) is 3.24. The van der Waals surface area contributed by atoms with Crippen LogP contribution in [0.25, 0.3) is 0 Å². The molecule has 1 atom stereocenters. The van der Waals surface area contributed by atoms with Crippen LogP contribution in [-0.2, 0) is 9.53 Å². The second-order valence-electron chi connectivity index (χ2n) is 3.70. The first-order valence-electron chi connectivity index (χ1n) is 5.15. The number of hydrogen-bond donors (Lipinski definition) is 1. The minimum Gasteiger partial charge on any atom is -0.462 e. The van der Waals surface area contributed by atoms with Gasteiger partial charge in [0.1, 0.15) is 6.10 Å². The van der Waals surface area contributed by atoms with Crippen molar-refractivity contribution in [2.45, 2.75) is 39.2 Å². The van der Waals surface area contributed by atoms with Crippen LogP contribution in [0.2, 0.25) is 0 Å². The van der Waals surface area contributed by atoms with Gasteiger partial charge in [-0.3, -0.25) is 4.79 Å². The highest BCUT2D eigenvalue weighted by Crippen LogP contribution is 2.11. The molecule has 0 aromatic rings. The minimum atomic E-state index is -0.0330. The summed E-state index contributed by atoms with van der Waals surface area (Å²) < 4.78 is 5.37. The molecule has 0 radical (unpaired) electrons. The number of rotatable bonds is 3. The largest absolute Gasteiger partial charge is 0.462 e. The Hall–Kier alpha value is -0.570. The first kappa shape index (κ1) is 10.5. The van der Waals surface area contributed by atoms with E-state index < -0.39 is 0 Å². The Morgan fingerprint density at radius 1 is 1.54 bits per heavy atom.